The molecule has 0 spiro atoms. The van der Waals surface area contributed by atoms with E-state index >= 15 is 0 Å². The number of amides is 1. The molecule has 8 heteroatoms. The fraction of sp³-hybridized carbons (Fsp3) is 0.333. The van der Waals surface area contributed by atoms with Gasteiger partial charge in [-0.2, -0.15) is 10.1 Å². The molecule has 0 radical (unpaired) electrons. The van der Waals surface area contributed by atoms with Gasteiger partial charge in [-0.05, 0) is 52.0 Å². The molecule has 0 saturated heterocycles. The Morgan fingerprint density at radius 3 is 2.58 bits per heavy atom. The SMILES string of the molecule is Cc1noc(C(C)NC(=O)Cc2c(C)nn(-c3ccc(F)cc3)c2C)n1. The van der Waals surface area contributed by atoms with Gasteiger partial charge < -0.3 is 9.84 Å². The Kier molecular flexibility index (Phi) is 4.83. The summed E-state index contributed by atoms with van der Waals surface area (Å²) >= 11 is 0. The van der Waals surface area contributed by atoms with E-state index in [0.29, 0.717) is 11.7 Å². The number of halogens is 1. The molecule has 2 aromatic heterocycles. The van der Waals surface area contributed by atoms with E-state index in [1.165, 1.54) is 12.1 Å². The van der Waals surface area contributed by atoms with Crippen LogP contribution in [0.25, 0.3) is 5.69 Å². The van der Waals surface area contributed by atoms with Crippen molar-refractivity contribution in [2.45, 2.75) is 40.2 Å². The monoisotopic (exact) mass is 357 g/mol. The molecule has 3 aromatic rings. The van der Waals surface area contributed by atoms with Gasteiger partial charge in [-0.15, -0.1) is 0 Å². The molecule has 0 fully saturated rings. The number of rotatable bonds is 5. The van der Waals surface area contributed by atoms with Crippen LogP contribution in [0.4, 0.5) is 4.39 Å². The number of aromatic nitrogens is 4. The van der Waals surface area contributed by atoms with Crippen molar-refractivity contribution in [3.63, 3.8) is 0 Å². The van der Waals surface area contributed by atoms with Gasteiger partial charge in [0.1, 0.15) is 11.9 Å². The van der Waals surface area contributed by atoms with Crippen molar-refractivity contribution in [2.24, 2.45) is 0 Å². The molecule has 2 heterocycles. The Hall–Kier alpha value is -3.03. The van der Waals surface area contributed by atoms with Crippen molar-refractivity contribution in [1.82, 2.24) is 25.2 Å². The van der Waals surface area contributed by atoms with Gasteiger partial charge in [0.05, 0.1) is 17.8 Å². The normalized spacial score (nSPS) is 12.2. The number of carbonyl (C=O) groups excluding carboxylic acids is 1. The fourth-order valence-electron chi connectivity index (χ4n) is 2.77. The highest BCUT2D eigenvalue weighted by Gasteiger charge is 2.19. The summed E-state index contributed by atoms with van der Waals surface area (Å²) in [4.78, 5) is 16.5. The molecule has 136 valence electrons. The second kappa shape index (κ2) is 7.07. The molecule has 1 unspecified atom stereocenters. The van der Waals surface area contributed by atoms with Crippen LogP contribution in [0.2, 0.25) is 0 Å². The molecule has 1 atom stereocenters. The molecule has 0 aliphatic carbocycles. The summed E-state index contributed by atoms with van der Waals surface area (Å²) in [5.74, 6) is 0.415. The Bertz CT molecular complexity index is 930. The van der Waals surface area contributed by atoms with Crippen molar-refractivity contribution >= 4 is 5.91 Å². The first-order valence-corrected chi connectivity index (χ1v) is 8.25. The lowest BCUT2D eigenvalue weighted by molar-refractivity contribution is -0.121. The molecule has 1 amide bonds. The molecule has 0 aliphatic heterocycles. The summed E-state index contributed by atoms with van der Waals surface area (Å²) in [5.41, 5.74) is 3.17. The molecular formula is C18H20FN5O2. The molecule has 7 nitrogen and oxygen atoms in total. The van der Waals surface area contributed by atoms with Crippen LogP contribution in [0.5, 0.6) is 0 Å². The topological polar surface area (TPSA) is 85.8 Å². The second-order valence-corrected chi connectivity index (χ2v) is 6.18. The number of nitrogens with one attached hydrogen (secondary N) is 1. The highest BCUT2D eigenvalue weighted by molar-refractivity contribution is 5.79. The number of benzene rings is 1. The molecule has 3 rings (SSSR count). The van der Waals surface area contributed by atoms with Gasteiger partial charge in [0.25, 0.3) is 0 Å². The van der Waals surface area contributed by atoms with Crippen LogP contribution in [-0.2, 0) is 11.2 Å². The fourth-order valence-corrected chi connectivity index (χ4v) is 2.77. The zero-order valence-corrected chi connectivity index (χ0v) is 15.1. The zero-order valence-electron chi connectivity index (χ0n) is 15.1. The number of hydrogen-bond donors (Lipinski definition) is 1. The van der Waals surface area contributed by atoms with Crippen LogP contribution in [-0.4, -0.2) is 25.8 Å². The number of aryl methyl sites for hydroxylation is 2. The van der Waals surface area contributed by atoms with E-state index in [9.17, 15) is 9.18 Å². The van der Waals surface area contributed by atoms with Gasteiger partial charge in [-0.25, -0.2) is 9.07 Å². The lowest BCUT2D eigenvalue weighted by atomic mass is 10.1. The number of hydrogen-bond acceptors (Lipinski definition) is 5. The van der Waals surface area contributed by atoms with Gasteiger partial charge in [0.15, 0.2) is 5.82 Å². The predicted octanol–water partition coefficient (Wildman–Crippen LogP) is 2.74. The zero-order chi connectivity index (χ0) is 18.8. The van der Waals surface area contributed by atoms with E-state index in [2.05, 4.69) is 20.6 Å². The quantitative estimate of drug-likeness (QED) is 0.759. The van der Waals surface area contributed by atoms with E-state index in [0.717, 1.165) is 22.6 Å². The average Bonchev–Trinajstić information content (AvgIpc) is 3.14. The lowest BCUT2D eigenvalue weighted by Crippen LogP contribution is -2.28. The van der Waals surface area contributed by atoms with Crippen LogP contribution in [0.15, 0.2) is 28.8 Å². The smallest absolute Gasteiger partial charge is 0.248 e. The minimum Gasteiger partial charge on any atom is -0.344 e. The maximum Gasteiger partial charge on any atom is 0.248 e. The van der Waals surface area contributed by atoms with Crippen molar-refractivity contribution in [2.75, 3.05) is 0 Å². The van der Waals surface area contributed by atoms with E-state index in [4.69, 9.17) is 4.52 Å². The Labute approximate surface area is 150 Å². The Morgan fingerprint density at radius 2 is 1.96 bits per heavy atom. The second-order valence-electron chi connectivity index (χ2n) is 6.18. The standard InChI is InChI=1S/C18H20FN5O2/c1-10-16(9-17(25)20-11(2)18-21-13(4)23-26-18)12(3)24(22-10)15-7-5-14(19)6-8-15/h5-8,11H,9H2,1-4H3,(H,20,25). The maximum atomic E-state index is 13.1. The molecule has 1 aromatic carbocycles. The third-order valence-electron chi connectivity index (χ3n) is 4.14. The first-order chi connectivity index (χ1) is 12.3. The molecule has 26 heavy (non-hydrogen) atoms. The molecule has 0 saturated carbocycles. The summed E-state index contributed by atoms with van der Waals surface area (Å²) in [6, 6.07) is 5.69. The highest BCUT2D eigenvalue weighted by Crippen LogP contribution is 2.19. The van der Waals surface area contributed by atoms with Crippen LogP contribution < -0.4 is 5.32 Å². The lowest BCUT2D eigenvalue weighted by Gasteiger charge is -2.10. The first-order valence-electron chi connectivity index (χ1n) is 8.25. The number of nitrogens with zero attached hydrogens (tertiary/aromatic N) is 4. The van der Waals surface area contributed by atoms with Crippen molar-refractivity contribution in [1.29, 1.82) is 0 Å². The Morgan fingerprint density at radius 1 is 1.27 bits per heavy atom. The molecule has 0 bridgehead atoms. The summed E-state index contributed by atoms with van der Waals surface area (Å²) in [5, 5.41) is 11.0. The largest absolute Gasteiger partial charge is 0.344 e. The molecule has 0 aliphatic rings. The van der Waals surface area contributed by atoms with Crippen LogP contribution in [0.1, 0.15) is 41.6 Å². The summed E-state index contributed by atoms with van der Waals surface area (Å²) < 4.78 is 19.9. The van der Waals surface area contributed by atoms with E-state index in [-0.39, 0.29) is 24.2 Å². The minimum absolute atomic E-state index is 0.168. The van der Waals surface area contributed by atoms with Crippen LogP contribution >= 0.6 is 0 Å². The third-order valence-corrected chi connectivity index (χ3v) is 4.14. The molecule has 1 N–H and O–H groups in total. The highest BCUT2D eigenvalue weighted by atomic mass is 19.1. The van der Waals surface area contributed by atoms with Crippen LogP contribution in [0.3, 0.4) is 0 Å². The summed E-state index contributed by atoms with van der Waals surface area (Å²) in [6.45, 7) is 7.24. The Balaban J connectivity index is 1.75. The van der Waals surface area contributed by atoms with E-state index in [1.54, 1.807) is 30.7 Å². The third kappa shape index (κ3) is 3.63. The van der Waals surface area contributed by atoms with E-state index < -0.39 is 0 Å². The maximum absolute atomic E-state index is 13.1. The molecular weight excluding hydrogens is 337 g/mol. The van der Waals surface area contributed by atoms with Gasteiger partial charge in [0.2, 0.25) is 11.8 Å². The summed E-state index contributed by atoms with van der Waals surface area (Å²) in [7, 11) is 0. The average molecular weight is 357 g/mol. The minimum atomic E-state index is -0.378. The van der Waals surface area contributed by atoms with Gasteiger partial charge >= 0.3 is 0 Å². The van der Waals surface area contributed by atoms with Gasteiger partial charge in [0, 0.05) is 11.3 Å². The van der Waals surface area contributed by atoms with Gasteiger partial charge in [-0.3, -0.25) is 4.79 Å². The van der Waals surface area contributed by atoms with Gasteiger partial charge in [-0.1, -0.05) is 5.16 Å². The number of carbonyl (C=O) groups is 1. The van der Waals surface area contributed by atoms with Crippen molar-refractivity contribution < 1.29 is 13.7 Å². The summed E-state index contributed by atoms with van der Waals surface area (Å²) in [6.07, 6.45) is 0.177. The van der Waals surface area contributed by atoms with E-state index in [1.807, 2.05) is 13.8 Å². The van der Waals surface area contributed by atoms with Crippen molar-refractivity contribution in [3.8, 4) is 5.69 Å². The van der Waals surface area contributed by atoms with Crippen molar-refractivity contribution in [3.05, 3.63) is 58.7 Å². The first kappa shape index (κ1) is 17.8. The predicted molar refractivity (Wildman–Crippen MR) is 92.3 cm³/mol. The van der Waals surface area contributed by atoms with Crippen LogP contribution in [0, 0.1) is 26.6 Å².